The van der Waals surface area contributed by atoms with E-state index in [2.05, 4.69) is 15.0 Å². The third-order valence-electron chi connectivity index (χ3n) is 3.27. The number of guanidine groups is 1. The number of nitrogens with two attached hydrogens (primary N) is 1. The molecule has 134 valence electrons. The second-order valence-corrected chi connectivity index (χ2v) is 6.95. The number of nitrogens with one attached hydrogen (secondary N) is 2. The third-order valence-corrected chi connectivity index (χ3v) is 4.62. The van der Waals surface area contributed by atoms with Crippen molar-refractivity contribution in [1.29, 1.82) is 0 Å². The Hall–Kier alpha value is -1.84. The normalized spacial score (nSPS) is 18.2. The van der Waals surface area contributed by atoms with Gasteiger partial charge in [-0.25, -0.2) is 13.1 Å². The number of hydrogen-bond acceptors (Lipinski definition) is 7. The molecule has 1 aromatic rings. The van der Waals surface area contributed by atoms with Crippen LogP contribution in [0.15, 0.2) is 34.2 Å². The molecule has 2 rings (SSSR count). The molecule has 0 bridgehead atoms. The van der Waals surface area contributed by atoms with Gasteiger partial charge in [0.15, 0.2) is 0 Å². The first-order valence-corrected chi connectivity index (χ1v) is 9.38. The number of benzene rings is 1. The Balaban J connectivity index is 2.03. The second kappa shape index (κ2) is 9.45. The van der Waals surface area contributed by atoms with Crippen LogP contribution in [-0.4, -0.2) is 53.9 Å². The van der Waals surface area contributed by atoms with Crippen molar-refractivity contribution < 1.29 is 17.9 Å². The zero-order valence-corrected chi connectivity index (χ0v) is 14.3. The maximum Gasteiger partial charge on any atom is 0.264 e. The quantitative estimate of drug-likeness (QED) is 0.658. The third kappa shape index (κ3) is 6.34. The van der Waals surface area contributed by atoms with Crippen molar-refractivity contribution in [3.05, 3.63) is 24.3 Å². The van der Waals surface area contributed by atoms with Crippen LogP contribution in [0.4, 0.5) is 5.69 Å². The maximum absolute atomic E-state index is 12.4. The summed E-state index contributed by atoms with van der Waals surface area (Å²) in [5.41, 5.74) is 6.10. The van der Waals surface area contributed by atoms with Crippen molar-refractivity contribution >= 4 is 21.7 Å². The van der Waals surface area contributed by atoms with Crippen LogP contribution in [0, 0.1) is 0 Å². The first kappa shape index (κ1) is 18.5. The summed E-state index contributed by atoms with van der Waals surface area (Å²) in [4.78, 5) is 4.42. The van der Waals surface area contributed by atoms with E-state index < -0.39 is 10.0 Å². The standard InChI is InChI=1S/C15H24N4O4S/c16-13-3-5-14(6-4-13)24(20,21)19-15-17-7-1-9-22-11-12-23-10-2-8-18-15/h3-6H,1-2,7-12,16H2,(H2,17,18,19). The van der Waals surface area contributed by atoms with Gasteiger partial charge in [0.1, 0.15) is 0 Å². The largest absolute Gasteiger partial charge is 0.399 e. The zero-order valence-electron chi connectivity index (χ0n) is 13.5. The van der Waals surface area contributed by atoms with Gasteiger partial charge in [-0.1, -0.05) is 0 Å². The molecule has 0 radical (unpaired) electrons. The molecule has 0 amide bonds. The fourth-order valence-corrected chi connectivity index (χ4v) is 3.02. The molecule has 1 heterocycles. The first-order valence-electron chi connectivity index (χ1n) is 7.90. The molecule has 0 aromatic heterocycles. The van der Waals surface area contributed by atoms with Crippen molar-refractivity contribution in [3.8, 4) is 0 Å². The van der Waals surface area contributed by atoms with Gasteiger partial charge < -0.3 is 20.5 Å². The van der Waals surface area contributed by atoms with E-state index in [0.29, 0.717) is 51.6 Å². The van der Waals surface area contributed by atoms with Gasteiger partial charge in [-0.2, -0.15) is 0 Å². The predicted molar refractivity (Wildman–Crippen MR) is 92.4 cm³/mol. The predicted octanol–water partition coefficient (Wildman–Crippen LogP) is 0.320. The van der Waals surface area contributed by atoms with Crippen LogP contribution in [0.2, 0.25) is 0 Å². The summed E-state index contributed by atoms with van der Waals surface area (Å²) in [6.07, 6.45) is 1.44. The van der Waals surface area contributed by atoms with E-state index in [4.69, 9.17) is 15.2 Å². The van der Waals surface area contributed by atoms with Crippen LogP contribution >= 0.6 is 0 Å². The van der Waals surface area contributed by atoms with Gasteiger partial charge in [-0.15, -0.1) is 0 Å². The Kier molecular flexibility index (Phi) is 7.29. The highest BCUT2D eigenvalue weighted by atomic mass is 32.2. The van der Waals surface area contributed by atoms with Crippen molar-refractivity contribution in [2.45, 2.75) is 17.7 Å². The maximum atomic E-state index is 12.4. The van der Waals surface area contributed by atoms with Crippen molar-refractivity contribution in [1.82, 2.24) is 10.0 Å². The highest BCUT2D eigenvalue weighted by Crippen LogP contribution is 2.11. The van der Waals surface area contributed by atoms with Gasteiger partial charge in [-0.05, 0) is 37.1 Å². The molecule has 1 aliphatic rings. The molecule has 0 fully saturated rings. The van der Waals surface area contributed by atoms with Crippen molar-refractivity contribution in [3.63, 3.8) is 0 Å². The summed E-state index contributed by atoms with van der Waals surface area (Å²) in [5, 5.41) is 3.01. The molecule has 0 aliphatic carbocycles. The lowest BCUT2D eigenvalue weighted by molar-refractivity contribution is 0.0471. The number of nitrogens with zero attached hydrogens (tertiary/aromatic N) is 1. The number of hydrogen-bond donors (Lipinski definition) is 3. The summed E-state index contributed by atoms with van der Waals surface area (Å²) >= 11 is 0. The van der Waals surface area contributed by atoms with E-state index in [9.17, 15) is 8.42 Å². The lowest BCUT2D eigenvalue weighted by atomic mass is 10.3. The smallest absolute Gasteiger partial charge is 0.264 e. The summed E-state index contributed by atoms with van der Waals surface area (Å²) in [7, 11) is -3.71. The van der Waals surface area contributed by atoms with Crippen molar-refractivity contribution in [2.24, 2.45) is 4.99 Å². The first-order chi connectivity index (χ1) is 11.6. The molecule has 9 heteroatoms. The molecule has 0 saturated heterocycles. The lowest BCUT2D eigenvalue weighted by Gasteiger charge is -2.13. The Labute approximate surface area is 142 Å². The van der Waals surface area contributed by atoms with E-state index in [1.54, 1.807) is 12.1 Å². The minimum Gasteiger partial charge on any atom is -0.399 e. The van der Waals surface area contributed by atoms with Crippen LogP contribution in [0.5, 0.6) is 0 Å². The summed E-state index contributed by atoms with van der Waals surface area (Å²) in [5.74, 6) is 0.228. The van der Waals surface area contributed by atoms with E-state index in [1.165, 1.54) is 12.1 Å². The second-order valence-electron chi connectivity index (χ2n) is 5.26. The number of sulfonamides is 1. The van der Waals surface area contributed by atoms with Crippen LogP contribution in [0.3, 0.4) is 0 Å². The number of ether oxygens (including phenoxy) is 2. The monoisotopic (exact) mass is 356 g/mol. The molecule has 1 aromatic carbocycles. The van der Waals surface area contributed by atoms with Crippen LogP contribution in [0.25, 0.3) is 0 Å². The lowest BCUT2D eigenvalue weighted by Crippen LogP contribution is -2.41. The van der Waals surface area contributed by atoms with Gasteiger partial charge >= 0.3 is 0 Å². The Morgan fingerprint density at radius 1 is 1.04 bits per heavy atom. The Morgan fingerprint density at radius 2 is 1.71 bits per heavy atom. The van der Waals surface area contributed by atoms with E-state index >= 15 is 0 Å². The molecule has 24 heavy (non-hydrogen) atoms. The minimum atomic E-state index is -3.71. The molecule has 0 saturated carbocycles. The van der Waals surface area contributed by atoms with Crippen LogP contribution in [0.1, 0.15) is 12.8 Å². The Bertz CT molecular complexity index is 631. The highest BCUT2D eigenvalue weighted by Gasteiger charge is 2.16. The van der Waals surface area contributed by atoms with Crippen LogP contribution < -0.4 is 15.8 Å². The number of rotatable bonds is 2. The van der Waals surface area contributed by atoms with Crippen molar-refractivity contribution in [2.75, 3.05) is 45.3 Å². The number of nitrogen functional groups attached to an aromatic ring is 1. The summed E-state index contributed by atoms with van der Waals surface area (Å²) in [6.45, 7) is 3.29. The van der Waals surface area contributed by atoms with Gasteiger partial charge in [0, 0.05) is 32.0 Å². The summed E-state index contributed by atoms with van der Waals surface area (Å²) < 4.78 is 38.1. The molecule has 4 N–H and O–H groups in total. The van der Waals surface area contributed by atoms with Gasteiger partial charge in [0.2, 0.25) is 5.96 Å². The fraction of sp³-hybridized carbons (Fsp3) is 0.533. The van der Waals surface area contributed by atoms with Gasteiger partial charge in [0.05, 0.1) is 18.1 Å². The van der Waals surface area contributed by atoms with E-state index in [0.717, 1.165) is 6.42 Å². The molecular weight excluding hydrogens is 332 g/mol. The number of anilines is 1. The molecule has 0 atom stereocenters. The molecule has 1 aliphatic heterocycles. The SMILES string of the molecule is Nc1ccc(S(=O)(=O)NC2=NCCCOCCOCCCN2)cc1. The summed E-state index contributed by atoms with van der Waals surface area (Å²) in [6, 6.07) is 6.00. The average molecular weight is 356 g/mol. The topological polar surface area (TPSA) is 115 Å². The Morgan fingerprint density at radius 3 is 2.42 bits per heavy atom. The molecule has 8 nitrogen and oxygen atoms in total. The van der Waals surface area contributed by atoms with E-state index in [-0.39, 0.29) is 10.9 Å². The van der Waals surface area contributed by atoms with Gasteiger partial charge in [-0.3, -0.25) is 4.99 Å². The molecular formula is C15H24N4O4S. The average Bonchev–Trinajstić information content (AvgIpc) is 2.57. The highest BCUT2D eigenvalue weighted by molar-refractivity contribution is 7.90. The number of aliphatic imine (C=N–C) groups is 1. The molecule has 0 spiro atoms. The van der Waals surface area contributed by atoms with Gasteiger partial charge in [0.25, 0.3) is 10.0 Å². The fourth-order valence-electron chi connectivity index (χ4n) is 2.02. The molecule has 0 unspecified atom stereocenters. The van der Waals surface area contributed by atoms with E-state index in [1.807, 2.05) is 0 Å². The van der Waals surface area contributed by atoms with Crippen LogP contribution in [-0.2, 0) is 19.5 Å². The minimum absolute atomic E-state index is 0.135. The zero-order chi connectivity index (χ0) is 17.3.